The summed E-state index contributed by atoms with van der Waals surface area (Å²) >= 11 is 0. The topological polar surface area (TPSA) is 12.0 Å². The third-order valence-electron chi connectivity index (χ3n) is 1.24. The van der Waals surface area contributed by atoms with Crippen molar-refractivity contribution in [3.63, 3.8) is 0 Å². The lowest BCUT2D eigenvalue weighted by Gasteiger charge is -2.10. The summed E-state index contributed by atoms with van der Waals surface area (Å²) in [6.45, 7) is 15.0. The molecule has 0 saturated heterocycles. The van der Waals surface area contributed by atoms with Crippen LogP contribution in [0.4, 0.5) is 0 Å². The molecular formula is C12H27N. The van der Waals surface area contributed by atoms with Crippen LogP contribution in [0.15, 0.2) is 12.2 Å². The van der Waals surface area contributed by atoms with Gasteiger partial charge in [-0.15, -0.1) is 0 Å². The summed E-state index contributed by atoms with van der Waals surface area (Å²) in [4.78, 5) is 0. The Hall–Kier alpha value is -0.300. The first-order valence-electron chi connectivity index (χ1n) is 5.29. The van der Waals surface area contributed by atoms with E-state index in [4.69, 9.17) is 0 Å². The van der Waals surface area contributed by atoms with E-state index in [0.29, 0.717) is 12.1 Å². The van der Waals surface area contributed by atoms with E-state index in [9.17, 15) is 0 Å². The fraction of sp³-hybridized carbons (Fsp3) is 0.833. The second-order valence-corrected chi connectivity index (χ2v) is 4.25. The molecule has 0 unspecified atom stereocenters. The van der Waals surface area contributed by atoms with Crippen LogP contribution in [0.2, 0.25) is 0 Å². The fourth-order valence-electron chi connectivity index (χ4n) is 1.05. The van der Waals surface area contributed by atoms with Gasteiger partial charge in [0.1, 0.15) is 0 Å². The van der Waals surface area contributed by atoms with Crippen LogP contribution in [-0.4, -0.2) is 12.1 Å². The highest BCUT2D eigenvalue weighted by molar-refractivity contribution is 4.79. The molecule has 80 valence electrons. The number of hydrogen-bond acceptors (Lipinski definition) is 1. The molecule has 0 amide bonds. The molecule has 0 aromatic heterocycles. The molecule has 0 aromatic rings. The highest BCUT2D eigenvalue weighted by atomic mass is 14.9. The van der Waals surface area contributed by atoms with E-state index in [1.807, 2.05) is 6.92 Å². The van der Waals surface area contributed by atoms with Gasteiger partial charge >= 0.3 is 0 Å². The van der Waals surface area contributed by atoms with Gasteiger partial charge in [-0.05, 0) is 12.8 Å². The van der Waals surface area contributed by atoms with Gasteiger partial charge in [0.15, 0.2) is 0 Å². The van der Waals surface area contributed by atoms with Crippen molar-refractivity contribution in [3.8, 4) is 0 Å². The maximum atomic E-state index is 3.31. The molecule has 0 rings (SSSR count). The first-order chi connectivity index (χ1) is 5.90. The number of nitrogens with one attached hydrogen (secondary N) is 1. The Morgan fingerprint density at radius 3 is 1.23 bits per heavy atom. The molecule has 0 aromatic carbocycles. The maximum absolute atomic E-state index is 3.31. The van der Waals surface area contributed by atoms with Crippen molar-refractivity contribution in [2.24, 2.45) is 5.92 Å². The van der Waals surface area contributed by atoms with Gasteiger partial charge in [0.2, 0.25) is 0 Å². The molecule has 0 aliphatic heterocycles. The average Bonchev–Trinajstić information content (AvgIpc) is 1.83. The SMILES string of the molecule is CC(C)NC(C)C.CC=CC(C)C. The third-order valence-corrected chi connectivity index (χ3v) is 1.24. The molecule has 0 aliphatic rings. The Labute approximate surface area is 84.6 Å². The van der Waals surface area contributed by atoms with Crippen LogP contribution in [0.1, 0.15) is 48.5 Å². The van der Waals surface area contributed by atoms with Gasteiger partial charge in [0, 0.05) is 12.1 Å². The third kappa shape index (κ3) is 24.5. The van der Waals surface area contributed by atoms with E-state index in [2.05, 4.69) is 59.0 Å². The van der Waals surface area contributed by atoms with Gasteiger partial charge < -0.3 is 5.32 Å². The smallest absolute Gasteiger partial charge is 0.00127 e. The lowest BCUT2D eigenvalue weighted by Crippen LogP contribution is -2.29. The molecule has 1 nitrogen and oxygen atoms in total. The van der Waals surface area contributed by atoms with Crippen molar-refractivity contribution in [1.29, 1.82) is 0 Å². The molecule has 1 N–H and O–H groups in total. The zero-order valence-electron chi connectivity index (χ0n) is 10.4. The van der Waals surface area contributed by atoms with Crippen molar-refractivity contribution < 1.29 is 0 Å². The Morgan fingerprint density at radius 2 is 1.23 bits per heavy atom. The molecule has 0 spiro atoms. The summed E-state index contributed by atoms with van der Waals surface area (Å²) in [6, 6.07) is 1.25. The summed E-state index contributed by atoms with van der Waals surface area (Å²) < 4.78 is 0. The quantitative estimate of drug-likeness (QED) is 0.662. The molecule has 0 aliphatic carbocycles. The van der Waals surface area contributed by atoms with E-state index in [1.54, 1.807) is 0 Å². The zero-order valence-corrected chi connectivity index (χ0v) is 10.4. The van der Waals surface area contributed by atoms with Crippen molar-refractivity contribution in [3.05, 3.63) is 12.2 Å². The molecular weight excluding hydrogens is 158 g/mol. The number of hydrogen-bond donors (Lipinski definition) is 1. The Morgan fingerprint density at radius 1 is 0.846 bits per heavy atom. The maximum Gasteiger partial charge on any atom is 0.00127 e. The molecule has 1 heteroatoms. The van der Waals surface area contributed by atoms with Crippen LogP contribution >= 0.6 is 0 Å². The first kappa shape index (κ1) is 15.2. The molecule has 0 heterocycles. The summed E-state index contributed by atoms with van der Waals surface area (Å²) in [5.41, 5.74) is 0. The molecule has 0 saturated carbocycles. The Balaban J connectivity index is 0. The number of rotatable bonds is 3. The van der Waals surface area contributed by atoms with E-state index in [-0.39, 0.29) is 0 Å². The van der Waals surface area contributed by atoms with E-state index in [0.717, 1.165) is 5.92 Å². The minimum absolute atomic E-state index is 0.625. The predicted molar refractivity (Wildman–Crippen MR) is 63.1 cm³/mol. The highest BCUT2D eigenvalue weighted by Crippen LogP contribution is 1.90. The molecule has 0 atom stereocenters. The molecule has 0 fully saturated rings. The van der Waals surface area contributed by atoms with Crippen LogP contribution in [0.3, 0.4) is 0 Å². The van der Waals surface area contributed by atoms with Crippen LogP contribution in [0, 0.1) is 5.92 Å². The predicted octanol–water partition coefficient (Wildman–Crippen LogP) is 3.61. The Bertz CT molecular complexity index is 106. The zero-order chi connectivity index (χ0) is 10.9. The summed E-state index contributed by atoms with van der Waals surface area (Å²) in [5.74, 6) is 0.718. The van der Waals surface area contributed by atoms with Crippen LogP contribution in [0.5, 0.6) is 0 Å². The van der Waals surface area contributed by atoms with E-state index < -0.39 is 0 Å². The largest absolute Gasteiger partial charge is 0.312 e. The van der Waals surface area contributed by atoms with Gasteiger partial charge in [-0.3, -0.25) is 0 Å². The minimum atomic E-state index is 0.625. The van der Waals surface area contributed by atoms with Crippen molar-refractivity contribution >= 4 is 0 Å². The normalized spacial score (nSPS) is 11.2. The van der Waals surface area contributed by atoms with Crippen molar-refractivity contribution in [2.45, 2.75) is 60.5 Å². The lowest BCUT2D eigenvalue weighted by atomic mass is 10.2. The average molecular weight is 185 g/mol. The molecule has 13 heavy (non-hydrogen) atoms. The lowest BCUT2D eigenvalue weighted by molar-refractivity contribution is 0.518. The van der Waals surface area contributed by atoms with Gasteiger partial charge in [-0.25, -0.2) is 0 Å². The van der Waals surface area contributed by atoms with Crippen molar-refractivity contribution in [1.82, 2.24) is 5.32 Å². The first-order valence-corrected chi connectivity index (χ1v) is 5.29. The molecule has 0 radical (unpaired) electrons. The summed E-state index contributed by atoms with van der Waals surface area (Å²) in [6.07, 6.45) is 4.24. The van der Waals surface area contributed by atoms with Gasteiger partial charge in [0.05, 0.1) is 0 Å². The minimum Gasteiger partial charge on any atom is -0.312 e. The second-order valence-electron chi connectivity index (χ2n) is 4.25. The Kier molecular flexibility index (Phi) is 11.4. The highest BCUT2D eigenvalue weighted by Gasteiger charge is 1.92. The monoisotopic (exact) mass is 185 g/mol. The molecule has 0 bridgehead atoms. The second kappa shape index (κ2) is 9.79. The van der Waals surface area contributed by atoms with Crippen LogP contribution in [0.25, 0.3) is 0 Å². The van der Waals surface area contributed by atoms with E-state index in [1.165, 1.54) is 0 Å². The number of allylic oxidation sites excluding steroid dienone is 2. The van der Waals surface area contributed by atoms with E-state index >= 15 is 0 Å². The van der Waals surface area contributed by atoms with Crippen LogP contribution < -0.4 is 5.32 Å². The van der Waals surface area contributed by atoms with Gasteiger partial charge in [-0.1, -0.05) is 53.7 Å². The van der Waals surface area contributed by atoms with Crippen molar-refractivity contribution in [2.75, 3.05) is 0 Å². The van der Waals surface area contributed by atoms with Gasteiger partial charge in [0.25, 0.3) is 0 Å². The van der Waals surface area contributed by atoms with Gasteiger partial charge in [-0.2, -0.15) is 0 Å². The fourth-order valence-corrected chi connectivity index (χ4v) is 1.05. The van der Waals surface area contributed by atoms with Crippen LogP contribution in [-0.2, 0) is 0 Å². The summed E-state index contributed by atoms with van der Waals surface area (Å²) in [5, 5.41) is 3.31. The summed E-state index contributed by atoms with van der Waals surface area (Å²) in [7, 11) is 0. The standard InChI is InChI=1S/C6H15N.C6H12/c1-5(2)7-6(3)4;1-4-5-6(2)3/h5-7H,1-4H3;4-6H,1-3H3.